The zero-order valence-corrected chi connectivity index (χ0v) is 33.1. The minimum Gasteiger partial charge on any atom is -0.234 e. The van der Waals surface area contributed by atoms with Gasteiger partial charge in [-0.2, -0.15) is 0 Å². The fourth-order valence-corrected chi connectivity index (χ4v) is 7.56. The number of hydrogen-bond donors (Lipinski definition) is 0. The van der Waals surface area contributed by atoms with Crippen molar-refractivity contribution >= 4 is 0 Å². The van der Waals surface area contributed by atoms with Crippen molar-refractivity contribution in [3.05, 3.63) is 18.2 Å². The average Bonchev–Trinajstić information content (AvgIpc) is 3.47. The van der Waals surface area contributed by atoms with Crippen molar-refractivity contribution in [2.75, 3.05) is 0 Å². The van der Waals surface area contributed by atoms with Crippen LogP contribution in [0.25, 0.3) is 0 Å². The number of unbranched alkanes of at least 4 members (excludes halogenated alkanes) is 33. The SMILES string of the molecule is CCCCCCCCCCCCCCCCCC[n+]1ccn(CCCCCCCCCC)c1CCCCCCCCCCCCCC. The Balaban J connectivity index is 2.23. The van der Waals surface area contributed by atoms with Crippen molar-refractivity contribution in [2.24, 2.45) is 0 Å². The van der Waals surface area contributed by atoms with E-state index in [0.29, 0.717) is 0 Å². The minimum absolute atomic E-state index is 1.23. The molecule has 0 spiro atoms. The van der Waals surface area contributed by atoms with Crippen LogP contribution in [0.2, 0.25) is 0 Å². The molecule has 0 saturated carbocycles. The largest absolute Gasteiger partial charge is 0.256 e. The van der Waals surface area contributed by atoms with Gasteiger partial charge in [0.1, 0.15) is 12.4 Å². The summed E-state index contributed by atoms with van der Waals surface area (Å²) in [5.74, 6) is 1.63. The Hall–Kier alpha value is -0.790. The second-order valence-electron chi connectivity index (χ2n) is 15.5. The second kappa shape index (κ2) is 36.5. The molecule has 0 radical (unpaired) electrons. The number of imidazole rings is 1. The predicted molar refractivity (Wildman–Crippen MR) is 212 cm³/mol. The van der Waals surface area contributed by atoms with Gasteiger partial charge in [-0.3, -0.25) is 0 Å². The van der Waals surface area contributed by atoms with Crippen molar-refractivity contribution in [3.63, 3.8) is 0 Å². The predicted octanol–water partition coefficient (Wildman–Crippen LogP) is 15.4. The van der Waals surface area contributed by atoms with Crippen LogP contribution in [0.1, 0.15) is 258 Å². The average molecular weight is 658 g/mol. The van der Waals surface area contributed by atoms with Crippen LogP contribution in [0.3, 0.4) is 0 Å². The van der Waals surface area contributed by atoms with Crippen molar-refractivity contribution in [3.8, 4) is 0 Å². The van der Waals surface area contributed by atoms with Gasteiger partial charge in [0.2, 0.25) is 0 Å². The zero-order chi connectivity index (χ0) is 33.7. The lowest BCUT2D eigenvalue weighted by molar-refractivity contribution is -0.704. The third-order valence-electron chi connectivity index (χ3n) is 10.8. The number of hydrogen-bond acceptors (Lipinski definition) is 0. The molecule has 0 fully saturated rings. The van der Waals surface area contributed by atoms with Gasteiger partial charge in [0.05, 0.1) is 13.1 Å². The number of aromatic nitrogens is 2. The highest BCUT2D eigenvalue weighted by Gasteiger charge is 2.16. The molecule has 0 saturated heterocycles. The van der Waals surface area contributed by atoms with E-state index in [1.807, 2.05) is 0 Å². The first kappa shape index (κ1) is 44.2. The summed E-state index contributed by atoms with van der Waals surface area (Å²) in [6, 6.07) is 0. The summed E-state index contributed by atoms with van der Waals surface area (Å²) in [6.07, 6.45) is 57.8. The Labute approximate surface area is 298 Å². The van der Waals surface area contributed by atoms with Crippen LogP contribution in [-0.4, -0.2) is 4.57 Å². The standard InChI is InChI=1S/C45H89N2/c1-4-7-10-13-16-19-21-23-24-25-26-28-30-33-36-39-42-47-44-43-46(41-38-35-32-18-15-12-9-6-3)45(47)40-37-34-31-29-27-22-20-17-14-11-8-5-2/h43-44H,4-42H2,1-3H3/q+1. The summed E-state index contributed by atoms with van der Waals surface area (Å²) >= 11 is 0. The third-order valence-corrected chi connectivity index (χ3v) is 10.8. The third kappa shape index (κ3) is 28.7. The molecule has 0 aliphatic heterocycles. The zero-order valence-electron chi connectivity index (χ0n) is 33.1. The smallest absolute Gasteiger partial charge is 0.234 e. The van der Waals surface area contributed by atoms with E-state index in [-0.39, 0.29) is 0 Å². The molecule has 47 heavy (non-hydrogen) atoms. The van der Waals surface area contributed by atoms with Crippen LogP contribution >= 0.6 is 0 Å². The molecule has 0 unspecified atom stereocenters. The molecule has 0 amide bonds. The lowest BCUT2D eigenvalue weighted by Gasteiger charge is -2.07. The van der Waals surface area contributed by atoms with Gasteiger partial charge in [0.25, 0.3) is 5.82 Å². The maximum absolute atomic E-state index is 2.65. The monoisotopic (exact) mass is 658 g/mol. The first-order chi connectivity index (χ1) is 23.3. The highest BCUT2D eigenvalue weighted by Crippen LogP contribution is 2.16. The van der Waals surface area contributed by atoms with Gasteiger partial charge in [0.15, 0.2) is 0 Å². The van der Waals surface area contributed by atoms with Crippen LogP contribution in [-0.2, 0) is 19.5 Å². The lowest BCUT2D eigenvalue weighted by atomic mass is 10.0. The van der Waals surface area contributed by atoms with Gasteiger partial charge in [-0.25, -0.2) is 9.13 Å². The molecule has 278 valence electrons. The number of rotatable bonds is 39. The van der Waals surface area contributed by atoms with Gasteiger partial charge >= 0.3 is 0 Å². The van der Waals surface area contributed by atoms with Crippen molar-refractivity contribution in [1.29, 1.82) is 0 Å². The molecule has 0 aliphatic rings. The topological polar surface area (TPSA) is 8.81 Å². The van der Waals surface area contributed by atoms with Gasteiger partial charge in [-0.15, -0.1) is 0 Å². The van der Waals surface area contributed by atoms with E-state index in [4.69, 9.17) is 0 Å². The fraction of sp³-hybridized carbons (Fsp3) is 0.933. The molecular formula is C45H89N2+. The normalized spacial score (nSPS) is 11.6. The first-order valence-electron chi connectivity index (χ1n) is 22.4. The van der Waals surface area contributed by atoms with E-state index in [2.05, 4.69) is 42.3 Å². The van der Waals surface area contributed by atoms with Crippen LogP contribution in [0, 0.1) is 0 Å². The molecule has 1 heterocycles. The summed E-state index contributed by atoms with van der Waals surface area (Å²) in [4.78, 5) is 0. The molecule has 2 heteroatoms. The van der Waals surface area contributed by atoms with E-state index >= 15 is 0 Å². The van der Waals surface area contributed by atoms with E-state index in [1.165, 1.54) is 251 Å². The van der Waals surface area contributed by atoms with Gasteiger partial charge in [-0.05, 0) is 32.1 Å². The highest BCUT2D eigenvalue weighted by atomic mass is 15.1. The molecule has 1 rings (SSSR count). The lowest BCUT2D eigenvalue weighted by Crippen LogP contribution is -2.37. The molecule has 0 atom stereocenters. The summed E-state index contributed by atoms with van der Waals surface area (Å²) in [7, 11) is 0. The summed E-state index contributed by atoms with van der Waals surface area (Å²) in [5.41, 5.74) is 0. The Morgan fingerprint density at radius 2 is 0.660 bits per heavy atom. The Morgan fingerprint density at radius 1 is 0.362 bits per heavy atom. The van der Waals surface area contributed by atoms with Crippen LogP contribution in [0.15, 0.2) is 12.4 Å². The Bertz CT molecular complexity index is 722. The highest BCUT2D eigenvalue weighted by molar-refractivity contribution is 4.84. The molecule has 0 aromatic carbocycles. The van der Waals surface area contributed by atoms with Crippen molar-refractivity contribution in [2.45, 2.75) is 271 Å². The van der Waals surface area contributed by atoms with Crippen molar-refractivity contribution < 1.29 is 4.57 Å². The molecular weight excluding hydrogens is 569 g/mol. The van der Waals surface area contributed by atoms with Crippen LogP contribution in [0.4, 0.5) is 0 Å². The Kier molecular flexibility index (Phi) is 34.3. The minimum atomic E-state index is 1.23. The molecule has 0 bridgehead atoms. The molecule has 0 N–H and O–H groups in total. The maximum atomic E-state index is 2.65. The maximum Gasteiger partial charge on any atom is 0.256 e. The van der Waals surface area contributed by atoms with E-state index in [0.717, 1.165) is 0 Å². The van der Waals surface area contributed by atoms with E-state index < -0.39 is 0 Å². The van der Waals surface area contributed by atoms with Crippen LogP contribution < -0.4 is 4.57 Å². The summed E-state index contributed by atoms with van der Waals surface area (Å²) in [5, 5.41) is 0. The molecule has 0 aliphatic carbocycles. The van der Waals surface area contributed by atoms with Crippen molar-refractivity contribution in [1.82, 2.24) is 4.57 Å². The quantitative estimate of drug-likeness (QED) is 0.0492. The molecule has 1 aromatic heterocycles. The molecule has 1 aromatic rings. The Morgan fingerprint density at radius 3 is 1.02 bits per heavy atom. The van der Waals surface area contributed by atoms with Crippen LogP contribution in [0.5, 0.6) is 0 Å². The number of aryl methyl sites for hydroxylation is 2. The van der Waals surface area contributed by atoms with E-state index in [9.17, 15) is 0 Å². The number of nitrogens with zero attached hydrogens (tertiary/aromatic N) is 2. The molecule has 2 nitrogen and oxygen atoms in total. The van der Waals surface area contributed by atoms with Gasteiger partial charge in [-0.1, -0.05) is 220 Å². The fourth-order valence-electron chi connectivity index (χ4n) is 7.56. The van der Waals surface area contributed by atoms with Gasteiger partial charge < -0.3 is 0 Å². The van der Waals surface area contributed by atoms with E-state index in [1.54, 1.807) is 5.82 Å². The first-order valence-corrected chi connectivity index (χ1v) is 22.4. The van der Waals surface area contributed by atoms with Gasteiger partial charge in [0, 0.05) is 6.42 Å². The summed E-state index contributed by atoms with van der Waals surface area (Å²) in [6.45, 7) is 9.41. The summed E-state index contributed by atoms with van der Waals surface area (Å²) < 4.78 is 5.29. The second-order valence-corrected chi connectivity index (χ2v) is 15.5.